The van der Waals surface area contributed by atoms with Gasteiger partial charge >= 0.3 is 0 Å². The zero-order valence-corrected chi connectivity index (χ0v) is 15.0. The molecule has 5 nitrogen and oxygen atoms in total. The third-order valence-corrected chi connectivity index (χ3v) is 5.10. The number of thioether (sulfide) groups is 1. The fourth-order valence-corrected chi connectivity index (χ4v) is 3.65. The van der Waals surface area contributed by atoms with Crippen LogP contribution in [0.15, 0.2) is 29.3 Å². The maximum absolute atomic E-state index is 12.9. The van der Waals surface area contributed by atoms with Crippen LogP contribution in [0.4, 0.5) is 10.1 Å². The molecule has 1 amide bonds. The monoisotopic (exact) mass is 352 g/mol. The first kappa shape index (κ1) is 18.6. The van der Waals surface area contributed by atoms with Crippen LogP contribution in [0.5, 0.6) is 0 Å². The molecule has 1 unspecified atom stereocenters. The van der Waals surface area contributed by atoms with Gasteiger partial charge in [-0.2, -0.15) is 11.8 Å². The van der Waals surface area contributed by atoms with Gasteiger partial charge in [-0.3, -0.25) is 4.79 Å². The highest BCUT2D eigenvalue weighted by molar-refractivity contribution is 8.00. The zero-order chi connectivity index (χ0) is 17.4. The lowest BCUT2D eigenvalue weighted by Gasteiger charge is -2.34. The van der Waals surface area contributed by atoms with Crippen LogP contribution < -0.4 is 10.6 Å². The van der Waals surface area contributed by atoms with E-state index in [0.29, 0.717) is 10.9 Å². The minimum atomic E-state index is -0.325. The number of carbonyl (C=O) groups excluding carboxylic acids is 1. The third kappa shape index (κ3) is 5.70. The molecule has 2 rings (SSSR count). The Kier molecular flexibility index (Phi) is 7.36. The molecule has 1 saturated heterocycles. The summed E-state index contributed by atoms with van der Waals surface area (Å²) in [6.07, 6.45) is 1.13. The number of amides is 1. The van der Waals surface area contributed by atoms with E-state index >= 15 is 0 Å². The van der Waals surface area contributed by atoms with Gasteiger partial charge in [-0.05, 0) is 37.6 Å². The van der Waals surface area contributed by atoms with Crippen molar-refractivity contribution in [2.45, 2.75) is 25.5 Å². The average molecular weight is 352 g/mol. The predicted octanol–water partition coefficient (Wildman–Crippen LogP) is 2.56. The summed E-state index contributed by atoms with van der Waals surface area (Å²) in [5.41, 5.74) is 0.571. The lowest BCUT2D eigenvalue weighted by molar-refractivity contribution is -0.114. The van der Waals surface area contributed by atoms with Crippen LogP contribution in [0.3, 0.4) is 0 Å². The van der Waals surface area contributed by atoms with E-state index in [2.05, 4.69) is 27.4 Å². The number of rotatable bonds is 5. The van der Waals surface area contributed by atoms with Crippen LogP contribution in [-0.2, 0) is 4.79 Å². The van der Waals surface area contributed by atoms with E-state index in [1.807, 2.05) is 18.7 Å². The topological polar surface area (TPSA) is 56.7 Å². The predicted molar refractivity (Wildman–Crippen MR) is 99.1 cm³/mol. The van der Waals surface area contributed by atoms with Crippen molar-refractivity contribution in [3.63, 3.8) is 0 Å². The Morgan fingerprint density at radius 3 is 2.79 bits per heavy atom. The molecule has 1 aromatic carbocycles. The summed E-state index contributed by atoms with van der Waals surface area (Å²) in [4.78, 5) is 18.7. The highest BCUT2D eigenvalue weighted by Crippen LogP contribution is 2.21. The highest BCUT2D eigenvalue weighted by Gasteiger charge is 2.21. The smallest absolute Gasteiger partial charge is 0.246 e. The Morgan fingerprint density at radius 2 is 2.12 bits per heavy atom. The second kappa shape index (κ2) is 9.52. The molecule has 24 heavy (non-hydrogen) atoms. The van der Waals surface area contributed by atoms with Gasteiger partial charge in [0.05, 0.1) is 0 Å². The van der Waals surface area contributed by atoms with Crippen LogP contribution >= 0.6 is 11.8 Å². The number of carbonyl (C=O) groups is 1. The molecule has 1 aliphatic heterocycles. The van der Waals surface area contributed by atoms with Gasteiger partial charge in [-0.25, -0.2) is 9.38 Å². The van der Waals surface area contributed by atoms with Crippen molar-refractivity contribution in [3.05, 3.63) is 30.1 Å². The third-order valence-electron chi connectivity index (χ3n) is 3.73. The Bertz CT molecular complexity index is 564. The van der Waals surface area contributed by atoms with Crippen LogP contribution in [0, 0.1) is 5.82 Å². The summed E-state index contributed by atoms with van der Waals surface area (Å²) in [6.45, 7) is 6.91. The summed E-state index contributed by atoms with van der Waals surface area (Å²) >= 11 is 2.00. The minimum absolute atomic E-state index is 0.0418. The maximum Gasteiger partial charge on any atom is 0.246 e. The molecule has 0 aromatic heterocycles. The summed E-state index contributed by atoms with van der Waals surface area (Å²) in [5.74, 6) is 1.32. The molecule has 0 saturated carbocycles. The van der Waals surface area contributed by atoms with Gasteiger partial charge in [0.2, 0.25) is 5.91 Å². The normalized spacial score (nSPS) is 18.4. The number of aliphatic imine (C=N–C) groups is 1. The van der Waals surface area contributed by atoms with Gasteiger partial charge in [0, 0.05) is 36.3 Å². The number of hydrogen-bond donors (Lipinski definition) is 2. The minimum Gasteiger partial charge on any atom is -0.357 e. The van der Waals surface area contributed by atoms with Crippen LogP contribution in [0.1, 0.15) is 20.3 Å². The van der Waals surface area contributed by atoms with Gasteiger partial charge in [0.25, 0.3) is 0 Å². The van der Waals surface area contributed by atoms with Crippen molar-refractivity contribution in [3.8, 4) is 0 Å². The van der Waals surface area contributed by atoms with E-state index in [1.165, 1.54) is 24.3 Å². The highest BCUT2D eigenvalue weighted by atomic mass is 32.2. The van der Waals surface area contributed by atoms with E-state index in [4.69, 9.17) is 0 Å². The molecule has 2 N–H and O–H groups in total. The van der Waals surface area contributed by atoms with Gasteiger partial charge in [-0.1, -0.05) is 6.92 Å². The number of nitrogens with one attached hydrogen (secondary N) is 2. The van der Waals surface area contributed by atoms with Crippen LogP contribution in [0.25, 0.3) is 0 Å². The summed E-state index contributed by atoms with van der Waals surface area (Å²) in [6, 6.07) is 5.71. The fourth-order valence-electron chi connectivity index (χ4n) is 2.46. The standard InChI is InChI=1S/C17H25FN4OS/c1-3-15-12-22(9-10-24-15)17(19-4-2)20-11-16(23)21-14-7-5-13(18)6-8-14/h5-8,15H,3-4,9-12H2,1-2H3,(H,19,20)(H,21,23). The molecule has 132 valence electrons. The molecule has 1 fully saturated rings. The first-order valence-corrected chi connectivity index (χ1v) is 9.37. The Balaban J connectivity index is 1.94. The summed E-state index contributed by atoms with van der Waals surface area (Å²) < 4.78 is 12.9. The van der Waals surface area contributed by atoms with Crippen LogP contribution in [0.2, 0.25) is 0 Å². The molecule has 1 heterocycles. The molecule has 0 radical (unpaired) electrons. The van der Waals surface area contributed by atoms with Gasteiger partial charge < -0.3 is 15.5 Å². The van der Waals surface area contributed by atoms with Gasteiger partial charge in [-0.15, -0.1) is 0 Å². The van der Waals surface area contributed by atoms with E-state index in [1.54, 1.807) is 0 Å². The second-order valence-electron chi connectivity index (χ2n) is 5.57. The van der Waals surface area contributed by atoms with E-state index in [9.17, 15) is 9.18 Å². The molecule has 1 aromatic rings. The molecule has 1 aliphatic rings. The van der Waals surface area contributed by atoms with Crippen molar-refractivity contribution in [1.82, 2.24) is 10.2 Å². The molecular weight excluding hydrogens is 327 g/mol. The Labute approximate surface area is 147 Å². The number of nitrogens with zero attached hydrogens (tertiary/aromatic N) is 2. The number of hydrogen-bond acceptors (Lipinski definition) is 3. The largest absolute Gasteiger partial charge is 0.357 e. The molecule has 0 spiro atoms. The SMILES string of the molecule is CCNC(=NCC(=O)Nc1ccc(F)cc1)N1CCSC(CC)C1. The van der Waals surface area contributed by atoms with Gasteiger partial charge in [0.1, 0.15) is 12.4 Å². The molecule has 0 aliphatic carbocycles. The zero-order valence-electron chi connectivity index (χ0n) is 14.2. The molecule has 1 atom stereocenters. The summed E-state index contributed by atoms with van der Waals surface area (Å²) in [5, 5.41) is 6.59. The lowest BCUT2D eigenvalue weighted by Crippen LogP contribution is -2.48. The Hall–Kier alpha value is -1.76. The number of anilines is 1. The van der Waals surface area contributed by atoms with E-state index in [0.717, 1.165) is 37.8 Å². The fraction of sp³-hybridized carbons (Fsp3) is 0.529. The number of halogens is 1. The van der Waals surface area contributed by atoms with Crippen molar-refractivity contribution in [1.29, 1.82) is 0 Å². The Morgan fingerprint density at radius 1 is 1.38 bits per heavy atom. The first-order chi connectivity index (χ1) is 11.6. The number of guanidine groups is 1. The van der Waals surface area contributed by atoms with E-state index in [-0.39, 0.29) is 18.3 Å². The van der Waals surface area contributed by atoms with Crippen LogP contribution in [-0.4, -0.2) is 53.9 Å². The quantitative estimate of drug-likeness (QED) is 0.632. The maximum atomic E-state index is 12.9. The second-order valence-corrected chi connectivity index (χ2v) is 6.98. The van der Waals surface area contributed by atoms with Crippen molar-refractivity contribution >= 4 is 29.3 Å². The van der Waals surface area contributed by atoms with Crippen molar-refractivity contribution in [2.75, 3.05) is 37.2 Å². The average Bonchev–Trinajstić information content (AvgIpc) is 2.60. The summed E-state index contributed by atoms with van der Waals surface area (Å²) in [7, 11) is 0. The lowest BCUT2D eigenvalue weighted by atomic mass is 10.3. The van der Waals surface area contributed by atoms with Crippen molar-refractivity contribution < 1.29 is 9.18 Å². The molecular formula is C17H25FN4OS. The van der Waals surface area contributed by atoms with Crippen molar-refractivity contribution in [2.24, 2.45) is 4.99 Å². The molecule has 0 bridgehead atoms. The van der Waals surface area contributed by atoms with E-state index < -0.39 is 0 Å². The first-order valence-electron chi connectivity index (χ1n) is 8.32. The van der Waals surface area contributed by atoms with Gasteiger partial charge in [0.15, 0.2) is 5.96 Å². The number of benzene rings is 1. The molecule has 7 heteroatoms.